The summed E-state index contributed by atoms with van der Waals surface area (Å²) in [7, 11) is 1.54. The number of anilines is 3. The molecule has 150 valence electrons. The highest BCUT2D eigenvalue weighted by molar-refractivity contribution is 6.13. The number of halogens is 1. The van der Waals surface area contributed by atoms with E-state index >= 15 is 0 Å². The van der Waals surface area contributed by atoms with Gasteiger partial charge in [0.05, 0.1) is 36.3 Å². The molecule has 0 saturated heterocycles. The summed E-state index contributed by atoms with van der Waals surface area (Å²) in [5, 5.41) is 0. The molecule has 4 rings (SSSR count). The summed E-state index contributed by atoms with van der Waals surface area (Å²) >= 11 is 0. The lowest BCUT2D eigenvalue weighted by Crippen LogP contribution is -2.45. The van der Waals surface area contributed by atoms with Crippen LogP contribution >= 0.6 is 0 Å². The molecule has 30 heavy (non-hydrogen) atoms. The third kappa shape index (κ3) is 3.22. The van der Waals surface area contributed by atoms with Crippen molar-refractivity contribution in [3.8, 4) is 5.88 Å². The van der Waals surface area contributed by atoms with Gasteiger partial charge in [0.2, 0.25) is 5.88 Å². The number of aryl methyl sites for hydroxylation is 2. The van der Waals surface area contributed by atoms with Crippen molar-refractivity contribution in [3.05, 3.63) is 82.6 Å². The number of carbonyl (C=O) groups is 1. The minimum absolute atomic E-state index is 0.221. The molecule has 0 fully saturated rings. The minimum Gasteiger partial charge on any atom is -0.481 e. The largest absolute Gasteiger partial charge is 0.481 e. The molecule has 0 spiro atoms. The number of pyridine rings is 1. The van der Waals surface area contributed by atoms with Gasteiger partial charge in [-0.1, -0.05) is 6.07 Å². The van der Waals surface area contributed by atoms with Crippen LogP contribution in [0, 0.1) is 26.2 Å². The molecule has 0 saturated carbocycles. The van der Waals surface area contributed by atoms with Crippen molar-refractivity contribution in [1.82, 2.24) is 4.98 Å². The van der Waals surface area contributed by atoms with E-state index in [9.17, 15) is 9.18 Å². The summed E-state index contributed by atoms with van der Waals surface area (Å²) in [5.74, 6) is -0.0795. The predicted molar refractivity (Wildman–Crippen MR) is 113 cm³/mol. The number of hydrogen-bond acceptors (Lipinski definition) is 4. The smallest absolute Gasteiger partial charge is 0.260 e. The van der Waals surface area contributed by atoms with Crippen molar-refractivity contribution in [2.24, 2.45) is 0 Å². The van der Waals surface area contributed by atoms with Gasteiger partial charge in [-0.2, -0.15) is 0 Å². The van der Waals surface area contributed by atoms with E-state index < -0.39 is 0 Å². The molecule has 0 aliphatic carbocycles. The zero-order valence-corrected chi connectivity index (χ0v) is 16.8. The molecule has 0 bridgehead atoms. The van der Waals surface area contributed by atoms with Crippen LogP contribution in [0.5, 0.6) is 5.88 Å². The Labute approximate surface area is 174 Å². The first kappa shape index (κ1) is 19.4. The fourth-order valence-electron chi connectivity index (χ4n) is 3.67. The molecule has 1 aromatic heterocycles. The van der Waals surface area contributed by atoms with E-state index in [-0.39, 0.29) is 18.4 Å². The molecule has 0 atom stereocenters. The Morgan fingerprint density at radius 1 is 1.03 bits per heavy atom. The van der Waals surface area contributed by atoms with Crippen molar-refractivity contribution in [2.45, 2.75) is 13.8 Å². The van der Waals surface area contributed by atoms with Gasteiger partial charge in [-0.3, -0.25) is 9.69 Å². The molecule has 3 aromatic rings. The van der Waals surface area contributed by atoms with E-state index in [0.29, 0.717) is 34.2 Å². The van der Waals surface area contributed by atoms with E-state index in [4.69, 9.17) is 11.3 Å². The highest BCUT2D eigenvalue weighted by atomic mass is 19.1. The Morgan fingerprint density at radius 3 is 2.43 bits per heavy atom. The first-order valence-electron chi connectivity index (χ1n) is 9.31. The number of ether oxygens (including phenoxy) is 1. The van der Waals surface area contributed by atoms with Crippen molar-refractivity contribution >= 4 is 28.7 Å². The fraction of sp³-hybridized carbons (Fsp3) is 0.174. The Kier molecular flexibility index (Phi) is 4.84. The van der Waals surface area contributed by atoms with Crippen LogP contribution in [0.25, 0.3) is 4.85 Å². The Balaban J connectivity index is 1.89. The van der Waals surface area contributed by atoms with E-state index in [1.807, 2.05) is 18.7 Å². The maximum absolute atomic E-state index is 13.7. The first-order chi connectivity index (χ1) is 14.4. The molecular weight excluding hydrogens is 383 g/mol. The van der Waals surface area contributed by atoms with Crippen molar-refractivity contribution in [3.63, 3.8) is 0 Å². The van der Waals surface area contributed by atoms with Crippen molar-refractivity contribution < 1.29 is 13.9 Å². The van der Waals surface area contributed by atoms with Crippen LogP contribution in [0.3, 0.4) is 0 Å². The van der Waals surface area contributed by atoms with Crippen LogP contribution in [0.1, 0.15) is 21.6 Å². The fourth-order valence-corrected chi connectivity index (χ4v) is 3.67. The van der Waals surface area contributed by atoms with Crippen molar-refractivity contribution in [2.75, 3.05) is 23.6 Å². The first-order valence-corrected chi connectivity index (χ1v) is 9.31. The molecule has 0 radical (unpaired) electrons. The maximum atomic E-state index is 13.7. The number of amides is 1. The molecule has 1 amide bonds. The van der Waals surface area contributed by atoms with Gasteiger partial charge >= 0.3 is 0 Å². The number of methoxy groups -OCH3 is 1. The quantitative estimate of drug-likeness (QED) is 0.569. The Hall–Kier alpha value is -3.92. The average Bonchev–Trinajstić information content (AvgIpc) is 2.74. The zero-order chi connectivity index (χ0) is 21.4. The lowest BCUT2D eigenvalue weighted by molar-refractivity contribution is 0.0983. The Bertz CT molecular complexity index is 1200. The summed E-state index contributed by atoms with van der Waals surface area (Å²) < 4.78 is 18.9. The number of aromatic nitrogens is 1. The van der Waals surface area contributed by atoms with E-state index in [1.54, 1.807) is 41.3 Å². The predicted octanol–water partition coefficient (Wildman–Crippen LogP) is 5.15. The number of fused-ring (bicyclic) bond motifs is 1. The Morgan fingerprint density at radius 2 is 1.77 bits per heavy atom. The molecule has 0 N–H and O–H groups in total. The summed E-state index contributed by atoms with van der Waals surface area (Å²) in [5.41, 5.74) is 4.28. The van der Waals surface area contributed by atoms with Gasteiger partial charge in [0.25, 0.3) is 5.91 Å². The second-order valence-corrected chi connectivity index (χ2v) is 7.00. The minimum atomic E-state index is -0.319. The monoisotopic (exact) mass is 402 g/mol. The number of hydrogen-bond donors (Lipinski definition) is 0. The van der Waals surface area contributed by atoms with Crippen LogP contribution in [-0.4, -0.2) is 24.7 Å². The van der Waals surface area contributed by atoms with Gasteiger partial charge in [0.15, 0.2) is 5.69 Å². The molecular formula is C23H19FN4O2. The highest BCUT2D eigenvalue weighted by Crippen LogP contribution is 2.39. The molecule has 1 aliphatic rings. The molecule has 7 heteroatoms. The molecule has 2 aromatic carbocycles. The summed E-state index contributed by atoms with van der Waals surface area (Å²) in [6.45, 7) is 11.2. The number of rotatable bonds is 3. The standard InChI is InChI=1S/C23H19FN4O2/c1-14-11-16(24)5-7-19(14)27-13-28(20-9-10-22(30-4)26-15(20)2)23(29)18-12-17(25-3)6-8-21(18)27/h5-12H,13H2,1-2,4H3. The lowest BCUT2D eigenvalue weighted by Gasteiger charge is -2.39. The van der Waals surface area contributed by atoms with Crippen LogP contribution < -0.4 is 14.5 Å². The SMILES string of the molecule is [C-]#[N+]c1ccc2c(c1)C(=O)N(c1ccc(OC)nc1C)CN2c1ccc(F)cc1C. The highest BCUT2D eigenvalue weighted by Gasteiger charge is 2.32. The average molecular weight is 402 g/mol. The zero-order valence-electron chi connectivity index (χ0n) is 16.8. The van der Waals surface area contributed by atoms with E-state index in [1.165, 1.54) is 19.2 Å². The summed E-state index contributed by atoms with van der Waals surface area (Å²) in [6, 6.07) is 13.1. The van der Waals surface area contributed by atoms with Crippen molar-refractivity contribution in [1.29, 1.82) is 0 Å². The van der Waals surface area contributed by atoms with E-state index in [0.717, 1.165) is 11.3 Å². The molecule has 0 unspecified atom stereocenters. The van der Waals surface area contributed by atoms with Gasteiger partial charge in [-0.05, 0) is 55.8 Å². The van der Waals surface area contributed by atoms with Gasteiger partial charge in [0, 0.05) is 11.8 Å². The normalized spacial score (nSPS) is 13.1. The number of nitrogens with zero attached hydrogens (tertiary/aromatic N) is 4. The molecule has 6 nitrogen and oxygen atoms in total. The summed E-state index contributed by atoms with van der Waals surface area (Å²) in [4.78, 5) is 24.8. The summed E-state index contributed by atoms with van der Waals surface area (Å²) in [6.07, 6.45) is 0. The van der Waals surface area contributed by atoms with Gasteiger partial charge < -0.3 is 9.64 Å². The van der Waals surface area contributed by atoms with Crippen LogP contribution in [-0.2, 0) is 0 Å². The van der Waals surface area contributed by atoms with Crippen LogP contribution in [0.2, 0.25) is 0 Å². The molecule has 2 heterocycles. The van der Waals surface area contributed by atoms with Crippen LogP contribution in [0.15, 0.2) is 48.5 Å². The van der Waals surface area contributed by atoms with Gasteiger partial charge in [-0.15, -0.1) is 0 Å². The van der Waals surface area contributed by atoms with Gasteiger partial charge in [-0.25, -0.2) is 14.2 Å². The topological polar surface area (TPSA) is 50.0 Å². The maximum Gasteiger partial charge on any atom is 0.260 e. The second kappa shape index (κ2) is 7.48. The lowest BCUT2D eigenvalue weighted by atomic mass is 10.0. The number of carbonyl (C=O) groups excluding carboxylic acids is 1. The third-order valence-electron chi connectivity index (χ3n) is 5.14. The third-order valence-corrected chi connectivity index (χ3v) is 5.14. The van der Waals surface area contributed by atoms with E-state index in [2.05, 4.69) is 9.83 Å². The van der Waals surface area contributed by atoms with Gasteiger partial charge in [0.1, 0.15) is 12.5 Å². The molecule has 1 aliphatic heterocycles. The van der Waals surface area contributed by atoms with Crippen LogP contribution in [0.4, 0.5) is 27.1 Å². The second-order valence-electron chi connectivity index (χ2n) is 7.00. The number of benzene rings is 2.